The third kappa shape index (κ3) is 3.37. The fourth-order valence-electron chi connectivity index (χ4n) is 2.23. The molecular formula is C17H14FN3O2. The summed E-state index contributed by atoms with van der Waals surface area (Å²) < 4.78 is 16.8. The van der Waals surface area contributed by atoms with Crippen LogP contribution >= 0.6 is 0 Å². The number of benzene rings is 1. The molecule has 23 heavy (non-hydrogen) atoms. The topological polar surface area (TPSA) is 56.0 Å². The Hall–Kier alpha value is -3.15. The summed E-state index contributed by atoms with van der Waals surface area (Å²) in [6.45, 7) is -0.101. The highest BCUT2D eigenvalue weighted by molar-refractivity contribution is 5.90. The van der Waals surface area contributed by atoms with E-state index in [4.69, 9.17) is 0 Å². The van der Waals surface area contributed by atoms with Crippen LogP contribution in [0, 0.1) is 5.82 Å². The zero-order chi connectivity index (χ0) is 16.2. The maximum Gasteiger partial charge on any atom is 0.250 e. The Morgan fingerprint density at radius 2 is 1.78 bits per heavy atom. The van der Waals surface area contributed by atoms with E-state index in [0.717, 1.165) is 0 Å². The van der Waals surface area contributed by atoms with Crippen LogP contribution in [0.4, 0.5) is 10.1 Å². The Morgan fingerprint density at radius 1 is 1.04 bits per heavy atom. The molecule has 3 rings (SSSR count). The highest BCUT2D eigenvalue weighted by Crippen LogP contribution is 2.19. The van der Waals surface area contributed by atoms with Gasteiger partial charge in [-0.25, -0.2) is 4.39 Å². The minimum Gasteiger partial charge on any atom is -0.324 e. The number of hydrogen-bond acceptors (Lipinski definition) is 2. The number of halogens is 1. The Morgan fingerprint density at radius 3 is 2.52 bits per heavy atom. The van der Waals surface area contributed by atoms with Crippen molar-refractivity contribution in [3.05, 3.63) is 83.3 Å². The van der Waals surface area contributed by atoms with E-state index in [-0.39, 0.29) is 18.0 Å². The first kappa shape index (κ1) is 14.8. The SMILES string of the molecule is O=C(Cn1ccccc1=O)Nc1ccc(F)c(-n2cccc2)c1. The molecule has 2 heterocycles. The normalized spacial score (nSPS) is 10.5. The van der Waals surface area contributed by atoms with Gasteiger partial charge in [0.1, 0.15) is 12.4 Å². The third-order valence-corrected chi connectivity index (χ3v) is 3.33. The summed E-state index contributed by atoms with van der Waals surface area (Å²) in [4.78, 5) is 23.6. The first-order valence-electron chi connectivity index (χ1n) is 7.02. The molecule has 0 bridgehead atoms. The minimum atomic E-state index is -0.390. The second kappa shape index (κ2) is 6.31. The quantitative estimate of drug-likeness (QED) is 0.804. The van der Waals surface area contributed by atoms with Crippen LogP contribution in [0.2, 0.25) is 0 Å². The summed E-state index contributed by atoms with van der Waals surface area (Å²) >= 11 is 0. The van der Waals surface area contributed by atoms with Gasteiger partial charge in [0.2, 0.25) is 5.91 Å². The molecular weight excluding hydrogens is 297 g/mol. The van der Waals surface area contributed by atoms with Crippen molar-refractivity contribution in [3.8, 4) is 5.69 Å². The number of nitrogens with one attached hydrogen (secondary N) is 1. The maximum absolute atomic E-state index is 13.9. The van der Waals surface area contributed by atoms with E-state index < -0.39 is 5.82 Å². The fourth-order valence-corrected chi connectivity index (χ4v) is 2.23. The third-order valence-electron chi connectivity index (χ3n) is 3.33. The number of hydrogen-bond donors (Lipinski definition) is 1. The van der Waals surface area contributed by atoms with Crippen molar-refractivity contribution in [2.75, 3.05) is 5.32 Å². The Labute approximate surface area is 131 Å². The lowest BCUT2D eigenvalue weighted by Gasteiger charge is -2.10. The maximum atomic E-state index is 13.9. The summed E-state index contributed by atoms with van der Waals surface area (Å²) in [5.41, 5.74) is 0.545. The predicted molar refractivity (Wildman–Crippen MR) is 85.1 cm³/mol. The second-order valence-corrected chi connectivity index (χ2v) is 4.97. The monoisotopic (exact) mass is 311 g/mol. The first-order chi connectivity index (χ1) is 11.1. The molecule has 3 aromatic rings. The molecule has 0 radical (unpaired) electrons. The van der Waals surface area contributed by atoms with Crippen molar-refractivity contribution >= 4 is 11.6 Å². The van der Waals surface area contributed by atoms with E-state index >= 15 is 0 Å². The number of anilines is 1. The second-order valence-electron chi connectivity index (χ2n) is 4.97. The predicted octanol–water partition coefficient (Wildman–Crippen LogP) is 2.42. The van der Waals surface area contributed by atoms with Crippen molar-refractivity contribution < 1.29 is 9.18 Å². The van der Waals surface area contributed by atoms with E-state index in [1.165, 1.54) is 29.0 Å². The summed E-state index contributed by atoms with van der Waals surface area (Å²) in [5, 5.41) is 2.67. The molecule has 0 aliphatic rings. The molecule has 0 fully saturated rings. The van der Waals surface area contributed by atoms with E-state index in [2.05, 4.69) is 5.32 Å². The minimum absolute atomic E-state index is 0.101. The van der Waals surface area contributed by atoms with Crippen LogP contribution in [0.25, 0.3) is 5.69 Å². The number of aromatic nitrogens is 2. The van der Waals surface area contributed by atoms with Crippen LogP contribution in [0.1, 0.15) is 0 Å². The highest BCUT2D eigenvalue weighted by atomic mass is 19.1. The number of amides is 1. The van der Waals surface area contributed by atoms with Crippen LogP contribution in [-0.2, 0) is 11.3 Å². The van der Waals surface area contributed by atoms with Crippen molar-refractivity contribution in [1.29, 1.82) is 0 Å². The van der Waals surface area contributed by atoms with E-state index in [0.29, 0.717) is 11.4 Å². The van der Waals surface area contributed by atoms with Gasteiger partial charge in [0, 0.05) is 30.3 Å². The highest BCUT2D eigenvalue weighted by Gasteiger charge is 2.08. The number of carbonyl (C=O) groups is 1. The lowest BCUT2D eigenvalue weighted by Crippen LogP contribution is -2.26. The average Bonchev–Trinajstić information content (AvgIpc) is 3.06. The number of carbonyl (C=O) groups excluding carboxylic acids is 1. The van der Waals surface area contributed by atoms with Gasteiger partial charge in [-0.1, -0.05) is 6.07 Å². The number of rotatable bonds is 4. The standard InChI is InChI=1S/C17H14FN3O2/c18-14-7-6-13(11-15(14)20-8-3-4-9-20)19-16(22)12-21-10-2-1-5-17(21)23/h1-11H,12H2,(H,19,22). The van der Waals surface area contributed by atoms with E-state index in [1.807, 2.05) is 0 Å². The Bertz CT molecular complexity index is 885. The smallest absolute Gasteiger partial charge is 0.250 e. The van der Waals surface area contributed by atoms with Gasteiger partial charge < -0.3 is 14.5 Å². The lowest BCUT2D eigenvalue weighted by molar-refractivity contribution is -0.116. The zero-order valence-electron chi connectivity index (χ0n) is 12.1. The van der Waals surface area contributed by atoms with Gasteiger partial charge >= 0.3 is 0 Å². The first-order valence-corrected chi connectivity index (χ1v) is 7.02. The summed E-state index contributed by atoms with van der Waals surface area (Å²) in [7, 11) is 0. The molecule has 1 amide bonds. The molecule has 5 nitrogen and oxygen atoms in total. The number of pyridine rings is 1. The van der Waals surface area contributed by atoms with Crippen LogP contribution in [0.3, 0.4) is 0 Å². The van der Waals surface area contributed by atoms with Crippen molar-refractivity contribution in [2.24, 2.45) is 0 Å². The average molecular weight is 311 g/mol. The Balaban J connectivity index is 1.78. The van der Waals surface area contributed by atoms with Crippen LogP contribution in [-0.4, -0.2) is 15.0 Å². The van der Waals surface area contributed by atoms with Crippen molar-refractivity contribution in [3.63, 3.8) is 0 Å². The van der Waals surface area contributed by atoms with Crippen LogP contribution in [0.15, 0.2) is 71.9 Å². The summed E-state index contributed by atoms with van der Waals surface area (Å²) in [5.74, 6) is -0.748. The van der Waals surface area contributed by atoms with Crippen LogP contribution < -0.4 is 10.9 Å². The van der Waals surface area contributed by atoms with Gasteiger partial charge in [-0.2, -0.15) is 0 Å². The van der Waals surface area contributed by atoms with Gasteiger partial charge in [-0.05, 0) is 36.4 Å². The van der Waals surface area contributed by atoms with Crippen molar-refractivity contribution in [1.82, 2.24) is 9.13 Å². The molecule has 2 aromatic heterocycles. The fraction of sp³-hybridized carbons (Fsp3) is 0.0588. The summed E-state index contributed by atoms with van der Waals surface area (Å²) in [6.07, 6.45) is 4.97. The molecule has 6 heteroatoms. The molecule has 0 aliphatic carbocycles. The molecule has 116 valence electrons. The molecule has 1 aromatic carbocycles. The van der Waals surface area contributed by atoms with E-state index in [9.17, 15) is 14.0 Å². The number of nitrogens with zero attached hydrogens (tertiary/aromatic N) is 2. The molecule has 0 aliphatic heterocycles. The molecule has 0 atom stereocenters. The lowest BCUT2D eigenvalue weighted by atomic mass is 10.2. The van der Waals surface area contributed by atoms with E-state index in [1.54, 1.807) is 47.3 Å². The van der Waals surface area contributed by atoms with Gasteiger partial charge in [0.25, 0.3) is 5.56 Å². The largest absolute Gasteiger partial charge is 0.324 e. The molecule has 0 unspecified atom stereocenters. The van der Waals surface area contributed by atoms with Gasteiger partial charge in [0.15, 0.2) is 0 Å². The molecule has 0 spiro atoms. The van der Waals surface area contributed by atoms with Gasteiger partial charge in [-0.3, -0.25) is 9.59 Å². The molecule has 1 N–H and O–H groups in total. The zero-order valence-corrected chi connectivity index (χ0v) is 12.1. The van der Waals surface area contributed by atoms with Crippen molar-refractivity contribution in [2.45, 2.75) is 6.54 Å². The van der Waals surface area contributed by atoms with Gasteiger partial charge in [0.05, 0.1) is 5.69 Å². The van der Waals surface area contributed by atoms with Gasteiger partial charge in [-0.15, -0.1) is 0 Å². The molecule has 0 saturated carbocycles. The van der Waals surface area contributed by atoms with Crippen LogP contribution in [0.5, 0.6) is 0 Å². The Kier molecular flexibility index (Phi) is 4.05. The summed E-state index contributed by atoms with van der Waals surface area (Å²) in [6, 6.07) is 12.6. The molecule has 0 saturated heterocycles.